The van der Waals surface area contributed by atoms with E-state index in [1.807, 2.05) is 0 Å². The number of nitrogens with zero attached hydrogens (tertiary/aromatic N) is 1. The van der Waals surface area contributed by atoms with Crippen molar-refractivity contribution in [3.05, 3.63) is 28.3 Å². The van der Waals surface area contributed by atoms with Crippen LogP contribution in [0.3, 0.4) is 0 Å². The van der Waals surface area contributed by atoms with Crippen molar-refractivity contribution in [1.82, 2.24) is 5.32 Å². The average Bonchev–Trinajstić information content (AvgIpc) is 2.75. The Labute approximate surface area is 110 Å². The van der Waals surface area contributed by atoms with Gasteiger partial charge in [0.15, 0.2) is 5.75 Å². The van der Waals surface area contributed by atoms with Crippen LogP contribution >= 0.6 is 0 Å². The zero-order chi connectivity index (χ0) is 13.8. The summed E-state index contributed by atoms with van der Waals surface area (Å²) in [4.78, 5) is 21.8. The molecule has 1 aliphatic rings. The molecule has 1 saturated heterocycles. The molecule has 0 saturated carbocycles. The minimum atomic E-state index is -0.475. The molecule has 0 aromatic heterocycles. The van der Waals surface area contributed by atoms with E-state index in [2.05, 4.69) is 10.6 Å². The third-order valence-corrected chi connectivity index (χ3v) is 2.82. The van der Waals surface area contributed by atoms with E-state index in [0.29, 0.717) is 25.3 Å². The number of hydrogen-bond acceptors (Lipinski definition) is 5. The predicted octanol–water partition coefficient (Wildman–Crippen LogP) is 1.29. The summed E-state index contributed by atoms with van der Waals surface area (Å²) in [5.74, 6) is 0.177. The first-order valence-corrected chi connectivity index (χ1v) is 6.05. The van der Waals surface area contributed by atoms with Crippen molar-refractivity contribution in [3.63, 3.8) is 0 Å². The molecule has 1 amide bonds. The Bertz CT molecular complexity index is 504. The Morgan fingerprint density at radius 3 is 2.95 bits per heavy atom. The molecule has 1 unspecified atom stereocenters. The van der Waals surface area contributed by atoms with E-state index in [9.17, 15) is 14.9 Å². The SMILES string of the molecule is CCOc1cccc(NC2CNC(=O)C2)c1[N+](=O)[O-]. The Hall–Kier alpha value is -2.31. The van der Waals surface area contributed by atoms with Gasteiger partial charge in [0, 0.05) is 13.0 Å². The Kier molecular flexibility index (Phi) is 3.84. The largest absolute Gasteiger partial charge is 0.487 e. The van der Waals surface area contributed by atoms with Crippen molar-refractivity contribution >= 4 is 17.3 Å². The van der Waals surface area contributed by atoms with Crippen molar-refractivity contribution in [2.75, 3.05) is 18.5 Å². The summed E-state index contributed by atoms with van der Waals surface area (Å²) in [6, 6.07) is 4.72. The topological polar surface area (TPSA) is 93.5 Å². The van der Waals surface area contributed by atoms with Crippen molar-refractivity contribution in [3.8, 4) is 5.75 Å². The second kappa shape index (κ2) is 5.55. The van der Waals surface area contributed by atoms with Gasteiger partial charge < -0.3 is 15.4 Å². The molecule has 2 rings (SSSR count). The lowest BCUT2D eigenvalue weighted by molar-refractivity contribution is -0.385. The molecule has 1 atom stereocenters. The monoisotopic (exact) mass is 265 g/mol. The molecule has 1 aromatic rings. The lowest BCUT2D eigenvalue weighted by Gasteiger charge is -2.13. The number of para-hydroxylation sites is 1. The number of carbonyl (C=O) groups excluding carboxylic acids is 1. The number of carbonyl (C=O) groups is 1. The van der Waals surface area contributed by atoms with E-state index in [-0.39, 0.29) is 23.4 Å². The van der Waals surface area contributed by atoms with E-state index in [1.165, 1.54) is 0 Å². The predicted molar refractivity (Wildman–Crippen MR) is 69.3 cm³/mol. The van der Waals surface area contributed by atoms with Crippen molar-refractivity contribution < 1.29 is 14.5 Å². The van der Waals surface area contributed by atoms with E-state index in [4.69, 9.17) is 4.74 Å². The van der Waals surface area contributed by atoms with Crippen LogP contribution in [-0.2, 0) is 4.79 Å². The number of ether oxygens (including phenoxy) is 1. The van der Waals surface area contributed by atoms with E-state index < -0.39 is 4.92 Å². The van der Waals surface area contributed by atoms with Crippen LogP contribution in [0.5, 0.6) is 5.75 Å². The molecule has 1 aromatic carbocycles. The van der Waals surface area contributed by atoms with Gasteiger partial charge in [0.2, 0.25) is 5.91 Å². The maximum Gasteiger partial charge on any atom is 0.333 e. The van der Waals surface area contributed by atoms with Gasteiger partial charge in [-0.15, -0.1) is 0 Å². The van der Waals surface area contributed by atoms with Gasteiger partial charge in [-0.1, -0.05) is 6.07 Å². The average molecular weight is 265 g/mol. The fraction of sp³-hybridized carbons (Fsp3) is 0.417. The molecule has 19 heavy (non-hydrogen) atoms. The zero-order valence-corrected chi connectivity index (χ0v) is 10.5. The summed E-state index contributed by atoms with van der Waals surface area (Å²) in [6.07, 6.45) is 0.315. The molecular formula is C12H15N3O4. The normalized spacial score (nSPS) is 17.9. The highest BCUT2D eigenvalue weighted by atomic mass is 16.6. The molecule has 0 aliphatic carbocycles. The van der Waals surface area contributed by atoms with E-state index >= 15 is 0 Å². The smallest absolute Gasteiger partial charge is 0.333 e. The Morgan fingerprint density at radius 2 is 2.37 bits per heavy atom. The summed E-state index contributed by atoms with van der Waals surface area (Å²) >= 11 is 0. The fourth-order valence-corrected chi connectivity index (χ4v) is 2.03. The minimum absolute atomic E-state index is 0.0545. The first-order valence-electron chi connectivity index (χ1n) is 6.05. The summed E-state index contributed by atoms with van der Waals surface area (Å²) in [5, 5.41) is 16.8. The molecule has 102 valence electrons. The van der Waals surface area contributed by atoms with Crippen LogP contribution in [-0.4, -0.2) is 30.0 Å². The van der Waals surface area contributed by atoms with Crippen LogP contribution in [0.4, 0.5) is 11.4 Å². The van der Waals surface area contributed by atoms with Gasteiger partial charge in [-0.3, -0.25) is 14.9 Å². The number of benzene rings is 1. The molecule has 2 N–H and O–H groups in total. The van der Waals surface area contributed by atoms with E-state index in [0.717, 1.165) is 0 Å². The van der Waals surface area contributed by atoms with Gasteiger partial charge >= 0.3 is 5.69 Å². The first-order chi connectivity index (χ1) is 9.11. The van der Waals surface area contributed by atoms with Gasteiger partial charge in [0.25, 0.3) is 0 Å². The van der Waals surface area contributed by atoms with Gasteiger partial charge in [-0.05, 0) is 19.1 Å². The Morgan fingerprint density at radius 1 is 1.58 bits per heavy atom. The number of nitrogens with one attached hydrogen (secondary N) is 2. The summed E-state index contributed by atoms with van der Waals surface area (Å²) in [5.41, 5.74) is 0.279. The van der Waals surface area contributed by atoms with E-state index in [1.54, 1.807) is 25.1 Å². The molecule has 0 radical (unpaired) electrons. The molecule has 1 fully saturated rings. The standard InChI is InChI=1S/C12H15N3O4/c1-2-19-10-5-3-4-9(12(10)15(17)18)14-8-6-11(16)13-7-8/h3-5,8,14H,2,6-7H2,1H3,(H,13,16). The Balaban J connectivity index is 2.26. The highest BCUT2D eigenvalue weighted by Gasteiger charge is 2.26. The molecule has 7 nitrogen and oxygen atoms in total. The number of hydrogen-bond donors (Lipinski definition) is 2. The van der Waals surface area contributed by atoms with Crippen LogP contribution in [0.15, 0.2) is 18.2 Å². The minimum Gasteiger partial charge on any atom is -0.487 e. The van der Waals surface area contributed by atoms with Gasteiger partial charge in [-0.25, -0.2) is 0 Å². The summed E-state index contributed by atoms with van der Waals surface area (Å²) in [7, 11) is 0. The number of nitro groups is 1. The van der Waals surface area contributed by atoms with Crippen LogP contribution in [0.1, 0.15) is 13.3 Å². The van der Waals surface area contributed by atoms with Gasteiger partial charge in [0.05, 0.1) is 17.6 Å². The molecule has 1 aliphatic heterocycles. The fourth-order valence-electron chi connectivity index (χ4n) is 2.03. The quantitative estimate of drug-likeness (QED) is 0.618. The molecule has 0 spiro atoms. The maximum atomic E-state index is 11.2. The number of nitro benzene ring substituents is 1. The number of rotatable bonds is 5. The second-order valence-electron chi connectivity index (χ2n) is 4.19. The lowest BCUT2D eigenvalue weighted by Crippen LogP contribution is -2.22. The molecule has 1 heterocycles. The molecule has 0 bridgehead atoms. The van der Waals surface area contributed by atoms with Gasteiger partial charge in [0.1, 0.15) is 5.69 Å². The number of amides is 1. The summed E-state index contributed by atoms with van der Waals surface area (Å²) in [6.45, 7) is 2.59. The third-order valence-electron chi connectivity index (χ3n) is 2.82. The van der Waals surface area contributed by atoms with Crippen LogP contribution in [0.2, 0.25) is 0 Å². The van der Waals surface area contributed by atoms with Crippen molar-refractivity contribution in [1.29, 1.82) is 0 Å². The highest BCUT2D eigenvalue weighted by Crippen LogP contribution is 2.35. The maximum absolute atomic E-state index is 11.2. The lowest BCUT2D eigenvalue weighted by atomic mass is 10.2. The zero-order valence-electron chi connectivity index (χ0n) is 10.5. The van der Waals surface area contributed by atoms with Gasteiger partial charge in [-0.2, -0.15) is 0 Å². The summed E-state index contributed by atoms with van der Waals surface area (Å²) < 4.78 is 5.26. The van der Waals surface area contributed by atoms with Crippen LogP contribution in [0, 0.1) is 10.1 Å². The second-order valence-corrected chi connectivity index (χ2v) is 4.19. The molecule has 7 heteroatoms. The third kappa shape index (κ3) is 2.93. The van der Waals surface area contributed by atoms with Crippen molar-refractivity contribution in [2.45, 2.75) is 19.4 Å². The highest BCUT2D eigenvalue weighted by molar-refractivity contribution is 5.80. The van der Waals surface area contributed by atoms with Crippen LogP contribution in [0.25, 0.3) is 0 Å². The van der Waals surface area contributed by atoms with Crippen molar-refractivity contribution in [2.24, 2.45) is 0 Å². The molecular weight excluding hydrogens is 250 g/mol. The first kappa shape index (κ1) is 13.1. The number of anilines is 1. The van der Waals surface area contributed by atoms with Crippen LogP contribution < -0.4 is 15.4 Å².